The first kappa shape index (κ1) is 20.9. The van der Waals surface area contributed by atoms with Crippen LogP contribution < -0.4 is 60.9 Å². The number of thiocarbonyl (C=S) groups is 1. The Bertz CT molecular complexity index is 740. The molecule has 4 nitrogen and oxygen atoms in total. The topological polar surface area (TPSA) is 44.5 Å². The van der Waals surface area contributed by atoms with E-state index in [-0.39, 0.29) is 55.8 Å². The summed E-state index contributed by atoms with van der Waals surface area (Å²) < 4.78 is 11.2. The van der Waals surface area contributed by atoms with Gasteiger partial charge in [-0.2, -0.15) is 4.74 Å². The smallest absolute Gasteiger partial charge is 0.618 e. The molecular weight excluding hydrogens is 381 g/mol. The third-order valence-electron chi connectivity index (χ3n) is 2.74. The molecule has 8 heteroatoms. The molecule has 0 radical (unpaired) electrons. The predicted molar refractivity (Wildman–Crippen MR) is 95.1 cm³/mol. The van der Waals surface area contributed by atoms with Gasteiger partial charge >= 0.3 is 51.4 Å². The number of halogens is 1. The summed E-state index contributed by atoms with van der Waals surface area (Å²) in [5.41, 5.74) is 0.990. The molecule has 2 rings (SSSR count). The van der Waals surface area contributed by atoms with Gasteiger partial charge in [-0.1, -0.05) is 36.4 Å². The van der Waals surface area contributed by atoms with E-state index in [0.29, 0.717) is 32.5 Å². The first-order chi connectivity index (χ1) is 10.5. The average Bonchev–Trinajstić information content (AvgIpc) is 2.48. The van der Waals surface area contributed by atoms with Crippen LogP contribution in [0.25, 0.3) is 0 Å². The second-order valence-corrected chi connectivity index (χ2v) is 5.67. The molecular formula is C15H12ClKNO3S2+. The van der Waals surface area contributed by atoms with E-state index in [9.17, 15) is 5.21 Å². The molecule has 0 aliphatic carbocycles. The molecule has 0 bridgehead atoms. The molecule has 0 heterocycles. The van der Waals surface area contributed by atoms with Gasteiger partial charge in [0, 0.05) is 11.6 Å². The maximum absolute atomic E-state index is 12.2. The molecule has 114 valence electrons. The van der Waals surface area contributed by atoms with Crippen molar-refractivity contribution in [1.29, 1.82) is 0 Å². The summed E-state index contributed by atoms with van der Waals surface area (Å²) in [6, 6.07) is 11.8. The van der Waals surface area contributed by atoms with Crippen molar-refractivity contribution in [2.75, 3.05) is 7.11 Å². The van der Waals surface area contributed by atoms with Crippen LogP contribution >= 0.6 is 36.4 Å². The van der Waals surface area contributed by atoms with E-state index in [4.69, 9.17) is 33.3 Å². The van der Waals surface area contributed by atoms with Gasteiger partial charge in [0.25, 0.3) is 0 Å². The van der Waals surface area contributed by atoms with Crippen LogP contribution in [0.4, 0.5) is 5.69 Å². The normalized spacial score (nSPS) is 10.7. The van der Waals surface area contributed by atoms with Gasteiger partial charge in [-0.25, -0.2) is 0 Å². The molecule has 0 aliphatic rings. The molecule has 2 aromatic rings. The fourth-order valence-electron chi connectivity index (χ4n) is 1.78. The van der Waals surface area contributed by atoms with Gasteiger partial charge in [-0.3, -0.25) is 0 Å². The fourth-order valence-corrected chi connectivity index (χ4v) is 2.19. The minimum absolute atomic E-state index is 0. The Balaban J connectivity index is 0.00000264. The molecule has 0 aromatic heterocycles. The summed E-state index contributed by atoms with van der Waals surface area (Å²) in [6.45, 7) is 0. The van der Waals surface area contributed by atoms with Gasteiger partial charge in [0.2, 0.25) is 10.1 Å². The van der Waals surface area contributed by atoms with Crippen molar-refractivity contribution in [1.82, 2.24) is 0 Å². The van der Waals surface area contributed by atoms with E-state index < -0.39 is 0 Å². The van der Waals surface area contributed by atoms with Crippen molar-refractivity contribution in [2.24, 2.45) is 0 Å². The summed E-state index contributed by atoms with van der Waals surface area (Å²) in [5.74, 6) is 0.868. The number of hydrogen-bond donors (Lipinski definition) is 1. The Hall–Kier alpha value is -0.124. The van der Waals surface area contributed by atoms with E-state index in [1.807, 2.05) is 0 Å². The Labute approximate surface area is 192 Å². The number of methoxy groups -OCH3 is 1. The number of hydrogen-bond acceptors (Lipinski definition) is 4. The zero-order valence-electron chi connectivity index (χ0n) is 12.5. The third kappa shape index (κ3) is 6.02. The average molecular weight is 393 g/mol. The van der Waals surface area contributed by atoms with Crippen LogP contribution in [0.5, 0.6) is 11.5 Å². The molecule has 0 amide bonds. The van der Waals surface area contributed by atoms with Crippen LogP contribution in [-0.4, -0.2) is 22.4 Å². The molecule has 0 unspecified atom stereocenters. The van der Waals surface area contributed by atoms with Crippen LogP contribution in [0.2, 0.25) is 5.02 Å². The van der Waals surface area contributed by atoms with Crippen LogP contribution in [0.3, 0.4) is 0 Å². The van der Waals surface area contributed by atoms with E-state index in [1.165, 1.54) is 13.3 Å². The van der Waals surface area contributed by atoms with Gasteiger partial charge < -0.3 is 14.7 Å². The maximum atomic E-state index is 12.2. The van der Waals surface area contributed by atoms with Gasteiger partial charge in [0.05, 0.1) is 7.11 Å². The first-order valence-electron chi connectivity index (χ1n) is 6.16. The molecule has 23 heavy (non-hydrogen) atoms. The Morgan fingerprint density at radius 1 is 1.26 bits per heavy atom. The molecule has 0 N–H and O–H groups in total. The largest absolute Gasteiger partial charge is 1.00 e. The third-order valence-corrected chi connectivity index (χ3v) is 3.24. The van der Waals surface area contributed by atoms with Crippen molar-refractivity contribution >= 4 is 52.7 Å². The van der Waals surface area contributed by atoms with Crippen molar-refractivity contribution in [2.45, 2.75) is 0 Å². The molecule has 0 aliphatic heterocycles. The zero-order valence-corrected chi connectivity index (χ0v) is 18.1. The van der Waals surface area contributed by atoms with Crippen molar-refractivity contribution < 1.29 is 65.6 Å². The fraction of sp³-hybridized carbons (Fsp3) is 0.0667. The predicted octanol–water partition coefficient (Wildman–Crippen LogP) is 1.21. The van der Waals surface area contributed by atoms with Crippen LogP contribution in [-0.2, 0) is 0 Å². The van der Waals surface area contributed by atoms with Crippen molar-refractivity contribution in [3.05, 3.63) is 58.3 Å². The number of para-hydroxylation sites is 1. The Morgan fingerprint density at radius 3 is 2.57 bits per heavy atom. The SMILES string of the molecule is COc1cc(/C=[N+](\[O-])c2ccccc2Cl)ccc1OC(=S)S.[K+]. The minimum atomic E-state index is 0. The molecule has 0 saturated heterocycles. The van der Waals surface area contributed by atoms with Crippen molar-refractivity contribution in [3.63, 3.8) is 0 Å². The van der Waals surface area contributed by atoms with Gasteiger partial charge in [0.1, 0.15) is 5.02 Å². The van der Waals surface area contributed by atoms with Crippen LogP contribution in [0, 0.1) is 5.21 Å². The molecule has 0 saturated carbocycles. The number of rotatable bonds is 4. The molecule has 0 fully saturated rings. The van der Waals surface area contributed by atoms with Crippen LogP contribution in [0.1, 0.15) is 5.56 Å². The quantitative estimate of drug-likeness (QED) is 0.161. The Kier molecular flexibility index (Phi) is 9.10. The summed E-state index contributed by atoms with van der Waals surface area (Å²) in [5, 5.41) is 12.5. The number of nitrogens with zero attached hydrogens (tertiary/aromatic N) is 1. The molecule has 2 aromatic carbocycles. The summed E-state index contributed by atoms with van der Waals surface area (Å²) in [6.07, 6.45) is 1.40. The first-order valence-corrected chi connectivity index (χ1v) is 7.39. The van der Waals surface area contributed by atoms with E-state index in [0.717, 1.165) is 0 Å². The second kappa shape index (κ2) is 10.0. The van der Waals surface area contributed by atoms with E-state index in [2.05, 4.69) is 12.6 Å². The maximum Gasteiger partial charge on any atom is 1.00 e. The van der Waals surface area contributed by atoms with E-state index >= 15 is 0 Å². The molecule has 0 spiro atoms. The standard InChI is InChI=1S/C15H12ClNO3S2.K/c1-19-14-8-10(6-7-13(14)20-15(21)22)9-17(18)12-5-3-2-4-11(12)16;/h2-9H,1H3,(H,21,22);/q;+1/b17-9-;. The van der Waals surface area contributed by atoms with Gasteiger partial charge in [0.15, 0.2) is 17.7 Å². The zero-order chi connectivity index (χ0) is 16.1. The summed E-state index contributed by atoms with van der Waals surface area (Å²) in [7, 11) is 1.50. The van der Waals surface area contributed by atoms with Gasteiger partial charge in [-0.15, -0.1) is 0 Å². The molecule has 0 atom stereocenters. The Morgan fingerprint density at radius 2 is 1.96 bits per heavy atom. The van der Waals surface area contributed by atoms with Crippen molar-refractivity contribution in [3.8, 4) is 11.5 Å². The monoisotopic (exact) mass is 392 g/mol. The van der Waals surface area contributed by atoms with Gasteiger partial charge in [-0.05, 0) is 36.5 Å². The summed E-state index contributed by atoms with van der Waals surface area (Å²) in [4.78, 5) is 0. The summed E-state index contributed by atoms with van der Waals surface area (Å²) >= 11 is 14.7. The number of ether oxygens (including phenoxy) is 2. The van der Waals surface area contributed by atoms with Crippen LogP contribution in [0.15, 0.2) is 42.5 Å². The second-order valence-electron chi connectivity index (χ2n) is 4.18. The van der Waals surface area contributed by atoms with E-state index in [1.54, 1.807) is 42.5 Å². The number of thiol groups is 1. The minimum Gasteiger partial charge on any atom is -0.618 e. The number of benzene rings is 2.